The second kappa shape index (κ2) is 7.71. The molecule has 0 atom stereocenters. The normalized spacial score (nSPS) is 18.4. The first kappa shape index (κ1) is 19.2. The molecule has 0 aliphatic carbocycles. The van der Waals surface area contributed by atoms with Gasteiger partial charge in [-0.2, -0.15) is 0 Å². The first-order valence-corrected chi connectivity index (χ1v) is 9.39. The molecule has 8 heteroatoms. The Morgan fingerprint density at radius 2 is 1.83 bits per heavy atom. The number of piperidine rings is 1. The van der Waals surface area contributed by atoms with Crippen LogP contribution in [0.4, 0.5) is 14.5 Å². The lowest BCUT2D eigenvalue weighted by atomic mass is 9.98. The number of carbonyl (C=O) groups excluding carboxylic acids is 2. The lowest BCUT2D eigenvalue weighted by molar-refractivity contribution is -0.119. The van der Waals surface area contributed by atoms with Crippen molar-refractivity contribution in [2.24, 2.45) is 4.99 Å². The molecule has 1 saturated heterocycles. The minimum absolute atomic E-state index is 0.188. The lowest BCUT2D eigenvalue weighted by Crippen LogP contribution is -2.52. The van der Waals surface area contributed by atoms with Gasteiger partial charge in [0.1, 0.15) is 23.0 Å². The van der Waals surface area contributed by atoms with Crippen molar-refractivity contribution in [1.82, 2.24) is 10.2 Å². The van der Waals surface area contributed by atoms with E-state index in [-0.39, 0.29) is 29.9 Å². The molecule has 2 aliphatic rings. The molecular formula is C21H20F2N4O2. The standard InChI is InChI=1S/C21H20F2N4O2/c22-15-4-6-17(7-5-15)24-18(28)13-27-10-8-21(9-11-27)25-19(20(29)26-21)14-2-1-3-16(23)12-14/h1-7,12H,8-11,13H2,(H,24,28)(H,26,29). The van der Waals surface area contributed by atoms with Crippen LogP contribution in [0.15, 0.2) is 53.5 Å². The number of nitrogens with one attached hydrogen (secondary N) is 2. The fourth-order valence-corrected chi connectivity index (χ4v) is 3.65. The summed E-state index contributed by atoms with van der Waals surface area (Å²) in [6.07, 6.45) is 1.11. The van der Waals surface area contributed by atoms with Crippen LogP contribution in [0.25, 0.3) is 0 Å². The third kappa shape index (κ3) is 4.32. The molecular weight excluding hydrogens is 378 g/mol. The Labute approximate surface area is 166 Å². The monoisotopic (exact) mass is 398 g/mol. The van der Waals surface area contributed by atoms with Crippen LogP contribution in [-0.2, 0) is 9.59 Å². The van der Waals surface area contributed by atoms with E-state index < -0.39 is 11.5 Å². The molecule has 2 amide bonds. The summed E-state index contributed by atoms with van der Waals surface area (Å²) in [6.45, 7) is 1.36. The van der Waals surface area contributed by atoms with E-state index in [2.05, 4.69) is 15.6 Å². The predicted octanol–water partition coefficient (Wildman–Crippen LogP) is 2.31. The van der Waals surface area contributed by atoms with Crippen molar-refractivity contribution in [1.29, 1.82) is 0 Å². The van der Waals surface area contributed by atoms with E-state index in [1.807, 2.05) is 4.90 Å². The van der Waals surface area contributed by atoms with E-state index in [1.54, 1.807) is 12.1 Å². The number of halogens is 2. The molecule has 6 nitrogen and oxygen atoms in total. The highest BCUT2D eigenvalue weighted by atomic mass is 19.1. The maximum atomic E-state index is 13.5. The van der Waals surface area contributed by atoms with Crippen LogP contribution in [0.3, 0.4) is 0 Å². The second-order valence-electron chi connectivity index (χ2n) is 7.29. The van der Waals surface area contributed by atoms with E-state index in [1.165, 1.54) is 36.4 Å². The van der Waals surface area contributed by atoms with Gasteiger partial charge >= 0.3 is 0 Å². The summed E-state index contributed by atoms with van der Waals surface area (Å²) in [5.41, 5.74) is 0.535. The van der Waals surface area contributed by atoms with E-state index in [4.69, 9.17) is 0 Å². The number of rotatable bonds is 4. The molecule has 1 fully saturated rings. The van der Waals surface area contributed by atoms with Crippen LogP contribution in [0.5, 0.6) is 0 Å². The molecule has 0 unspecified atom stereocenters. The zero-order valence-electron chi connectivity index (χ0n) is 15.6. The van der Waals surface area contributed by atoms with Gasteiger partial charge in [-0.1, -0.05) is 12.1 Å². The van der Waals surface area contributed by atoms with Gasteiger partial charge in [-0.05, 0) is 36.4 Å². The number of benzene rings is 2. The average molecular weight is 398 g/mol. The van der Waals surface area contributed by atoms with Crippen molar-refractivity contribution < 1.29 is 18.4 Å². The van der Waals surface area contributed by atoms with Crippen molar-refractivity contribution in [3.05, 3.63) is 65.7 Å². The van der Waals surface area contributed by atoms with E-state index >= 15 is 0 Å². The number of amides is 2. The van der Waals surface area contributed by atoms with Crippen molar-refractivity contribution in [2.75, 3.05) is 25.0 Å². The molecule has 2 aliphatic heterocycles. The number of likely N-dealkylation sites (tertiary alicyclic amines) is 1. The van der Waals surface area contributed by atoms with E-state index in [0.29, 0.717) is 37.2 Å². The number of carbonyl (C=O) groups is 2. The van der Waals surface area contributed by atoms with Gasteiger partial charge in [0.05, 0.1) is 6.54 Å². The summed E-state index contributed by atoms with van der Waals surface area (Å²) in [5.74, 6) is -1.27. The molecule has 0 bridgehead atoms. The molecule has 1 spiro atoms. The van der Waals surface area contributed by atoms with Gasteiger partial charge in [0.2, 0.25) is 5.91 Å². The molecule has 150 valence electrons. The maximum absolute atomic E-state index is 13.5. The van der Waals surface area contributed by atoms with Gasteiger partial charge in [0, 0.05) is 37.2 Å². The van der Waals surface area contributed by atoms with Gasteiger partial charge in [-0.25, -0.2) is 8.78 Å². The molecule has 2 N–H and O–H groups in total. The largest absolute Gasteiger partial charge is 0.326 e. The third-order valence-corrected chi connectivity index (χ3v) is 5.16. The highest BCUT2D eigenvalue weighted by molar-refractivity contribution is 6.46. The first-order chi connectivity index (χ1) is 13.9. The van der Waals surface area contributed by atoms with Crippen molar-refractivity contribution >= 4 is 23.2 Å². The topological polar surface area (TPSA) is 73.8 Å². The smallest absolute Gasteiger partial charge is 0.272 e. The van der Waals surface area contributed by atoms with Crippen molar-refractivity contribution in [2.45, 2.75) is 18.5 Å². The molecule has 0 saturated carbocycles. The quantitative estimate of drug-likeness (QED) is 0.830. The van der Waals surface area contributed by atoms with Gasteiger partial charge in [0.25, 0.3) is 5.91 Å². The highest BCUT2D eigenvalue weighted by Gasteiger charge is 2.42. The maximum Gasteiger partial charge on any atom is 0.272 e. The highest BCUT2D eigenvalue weighted by Crippen LogP contribution is 2.29. The van der Waals surface area contributed by atoms with Gasteiger partial charge < -0.3 is 10.6 Å². The summed E-state index contributed by atoms with van der Waals surface area (Å²) < 4.78 is 26.4. The molecule has 0 radical (unpaired) electrons. The van der Waals surface area contributed by atoms with Crippen LogP contribution in [-0.4, -0.2) is 47.7 Å². The first-order valence-electron chi connectivity index (χ1n) is 9.39. The Morgan fingerprint density at radius 3 is 2.52 bits per heavy atom. The zero-order chi connectivity index (χ0) is 20.4. The summed E-state index contributed by atoms with van der Waals surface area (Å²) in [4.78, 5) is 31.2. The van der Waals surface area contributed by atoms with Crippen LogP contribution >= 0.6 is 0 Å². The summed E-state index contributed by atoms with van der Waals surface area (Å²) in [6, 6.07) is 11.4. The van der Waals surface area contributed by atoms with E-state index in [9.17, 15) is 18.4 Å². The SMILES string of the molecule is O=C(CN1CCC2(CC1)N=C(c1cccc(F)c1)C(=O)N2)Nc1ccc(F)cc1. The number of hydrogen-bond acceptors (Lipinski definition) is 4. The second-order valence-corrected chi connectivity index (χ2v) is 7.29. The Hall–Kier alpha value is -3.13. The van der Waals surface area contributed by atoms with Crippen molar-refractivity contribution in [3.8, 4) is 0 Å². The molecule has 0 aromatic heterocycles. The zero-order valence-corrected chi connectivity index (χ0v) is 15.6. The van der Waals surface area contributed by atoms with Crippen LogP contribution < -0.4 is 10.6 Å². The lowest BCUT2D eigenvalue weighted by Gasteiger charge is -2.36. The third-order valence-electron chi connectivity index (χ3n) is 5.16. The Balaban J connectivity index is 1.36. The molecule has 2 aromatic carbocycles. The summed E-state index contributed by atoms with van der Waals surface area (Å²) >= 11 is 0. The number of hydrogen-bond donors (Lipinski definition) is 2. The fraction of sp³-hybridized carbons (Fsp3) is 0.286. The predicted molar refractivity (Wildman–Crippen MR) is 105 cm³/mol. The Morgan fingerprint density at radius 1 is 1.10 bits per heavy atom. The summed E-state index contributed by atoms with van der Waals surface area (Å²) in [7, 11) is 0. The van der Waals surface area contributed by atoms with Crippen LogP contribution in [0, 0.1) is 11.6 Å². The number of anilines is 1. The minimum atomic E-state index is -0.706. The van der Waals surface area contributed by atoms with Gasteiger partial charge in [0.15, 0.2) is 0 Å². The van der Waals surface area contributed by atoms with Gasteiger partial charge in [-0.15, -0.1) is 0 Å². The van der Waals surface area contributed by atoms with E-state index in [0.717, 1.165) is 0 Å². The molecule has 29 heavy (non-hydrogen) atoms. The minimum Gasteiger partial charge on any atom is -0.326 e. The Bertz CT molecular complexity index is 967. The fourth-order valence-electron chi connectivity index (χ4n) is 3.65. The van der Waals surface area contributed by atoms with Crippen molar-refractivity contribution in [3.63, 3.8) is 0 Å². The van der Waals surface area contributed by atoms with Crippen LogP contribution in [0.1, 0.15) is 18.4 Å². The van der Waals surface area contributed by atoms with Gasteiger partial charge in [-0.3, -0.25) is 19.5 Å². The number of aliphatic imine (C=N–C) groups is 1. The average Bonchev–Trinajstić information content (AvgIpc) is 3.02. The Kier molecular flexibility index (Phi) is 5.10. The molecule has 4 rings (SSSR count). The molecule has 2 heterocycles. The number of nitrogens with zero attached hydrogens (tertiary/aromatic N) is 2. The molecule has 2 aromatic rings. The summed E-state index contributed by atoms with van der Waals surface area (Å²) in [5, 5.41) is 5.67. The van der Waals surface area contributed by atoms with Crippen LogP contribution in [0.2, 0.25) is 0 Å².